The van der Waals surface area contributed by atoms with Crippen molar-refractivity contribution in [2.24, 2.45) is 5.73 Å². The third kappa shape index (κ3) is 4.90. The first kappa shape index (κ1) is 22.9. The molecule has 2 saturated heterocycles. The van der Waals surface area contributed by atoms with E-state index < -0.39 is 43.0 Å². The molecule has 0 aromatic carbocycles. The highest BCUT2D eigenvalue weighted by molar-refractivity contribution is 7.48. The number of phosphoric ester groups is 1. The molecule has 5 atom stereocenters. The van der Waals surface area contributed by atoms with Gasteiger partial charge in [-0.1, -0.05) is 0 Å². The number of nitrogens with two attached hydrogens (primary N) is 1. The van der Waals surface area contributed by atoms with Gasteiger partial charge < -0.3 is 15.2 Å². The van der Waals surface area contributed by atoms with E-state index in [1.807, 2.05) is 0 Å². The Bertz CT molecular complexity index is 941. The Kier molecular flexibility index (Phi) is 6.66. The molecule has 3 rings (SSSR count). The zero-order valence-corrected chi connectivity index (χ0v) is 17.8. The van der Waals surface area contributed by atoms with Gasteiger partial charge in [0, 0.05) is 18.7 Å². The SMILES string of the molecule is CC(C)OC(=O)CCCO[P@]1(=O)OC[C@H]2O[C@@H](n3ccc(=O)[nH]c3=O)[C@](C)(N)[C@@H]2O1. The Hall–Kier alpha value is -1.82. The summed E-state index contributed by atoms with van der Waals surface area (Å²) in [6, 6.07) is 1.17. The van der Waals surface area contributed by atoms with Crippen molar-refractivity contribution < 1.29 is 32.4 Å². The van der Waals surface area contributed by atoms with Crippen LogP contribution in [0.5, 0.6) is 0 Å². The highest BCUT2D eigenvalue weighted by atomic mass is 31.2. The summed E-state index contributed by atoms with van der Waals surface area (Å²) in [5, 5.41) is 0. The first-order valence-corrected chi connectivity index (χ1v) is 11.0. The van der Waals surface area contributed by atoms with Gasteiger partial charge in [-0.2, -0.15) is 0 Å². The number of phosphoric acid groups is 1. The van der Waals surface area contributed by atoms with Gasteiger partial charge in [0.2, 0.25) is 0 Å². The van der Waals surface area contributed by atoms with Crippen LogP contribution in [0.15, 0.2) is 21.9 Å². The van der Waals surface area contributed by atoms with Crippen LogP contribution in [0.25, 0.3) is 0 Å². The molecule has 12 nitrogen and oxygen atoms in total. The number of fused-ring (bicyclic) bond motifs is 1. The summed E-state index contributed by atoms with van der Waals surface area (Å²) in [6.07, 6.45) is -1.17. The van der Waals surface area contributed by atoms with Gasteiger partial charge in [0.1, 0.15) is 12.2 Å². The number of esters is 1. The lowest BCUT2D eigenvalue weighted by Crippen LogP contribution is -2.55. The normalized spacial score (nSPS) is 33.4. The van der Waals surface area contributed by atoms with E-state index in [2.05, 4.69) is 4.98 Å². The molecule has 13 heteroatoms. The molecule has 1 aromatic heterocycles. The molecule has 0 aliphatic carbocycles. The van der Waals surface area contributed by atoms with E-state index in [9.17, 15) is 18.9 Å². The topological polar surface area (TPSA) is 161 Å². The van der Waals surface area contributed by atoms with E-state index in [1.165, 1.54) is 12.3 Å². The number of hydrogen-bond acceptors (Lipinski definition) is 10. The zero-order valence-electron chi connectivity index (χ0n) is 16.9. The molecule has 2 aliphatic heterocycles. The van der Waals surface area contributed by atoms with Crippen molar-refractivity contribution in [1.29, 1.82) is 0 Å². The Balaban J connectivity index is 1.63. The van der Waals surface area contributed by atoms with Crippen molar-refractivity contribution in [3.8, 4) is 0 Å². The molecule has 0 amide bonds. The highest BCUT2D eigenvalue weighted by Gasteiger charge is 2.59. The molecule has 0 saturated carbocycles. The molecule has 0 spiro atoms. The molecule has 1 aromatic rings. The minimum atomic E-state index is -3.95. The fourth-order valence-electron chi connectivity index (χ4n) is 3.33. The molecule has 2 fully saturated rings. The maximum atomic E-state index is 12.8. The largest absolute Gasteiger partial charge is 0.475 e. The fraction of sp³-hybridized carbons (Fsp3) is 0.706. The van der Waals surface area contributed by atoms with Gasteiger partial charge in [0.25, 0.3) is 5.56 Å². The van der Waals surface area contributed by atoms with Crippen LogP contribution in [0.4, 0.5) is 0 Å². The van der Waals surface area contributed by atoms with Crippen LogP contribution < -0.4 is 17.0 Å². The summed E-state index contributed by atoms with van der Waals surface area (Å²) in [6.45, 7) is 4.90. The Morgan fingerprint density at radius 1 is 1.47 bits per heavy atom. The van der Waals surface area contributed by atoms with Crippen LogP contribution in [0.3, 0.4) is 0 Å². The molecule has 0 unspecified atom stereocenters. The smallest absolute Gasteiger partial charge is 0.463 e. The van der Waals surface area contributed by atoms with Crippen molar-refractivity contribution >= 4 is 13.8 Å². The molecule has 3 heterocycles. The number of aromatic amines is 1. The highest BCUT2D eigenvalue weighted by Crippen LogP contribution is 2.58. The van der Waals surface area contributed by atoms with Gasteiger partial charge in [0.05, 0.1) is 24.9 Å². The quantitative estimate of drug-likeness (QED) is 0.340. The summed E-state index contributed by atoms with van der Waals surface area (Å²) < 4.78 is 40.9. The number of rotatable bonds is 7. The van der Waals surface area contributed by atoms with Gasteiger partial charge in [-0.25, -0.2) is 9.36 Å². The molecular formula is C17H26N3O9P. The number of nitrogens with zero attached hydrogens (tertiary/aromatic N) is 1. The van der Waals surface area contributed by atoms with E-state index in [-0.39, 0.29) is 38.1 Å². The summed E-state index contributed by atoms with van der Waals surface area (Å²) in [7, 11) is -3.95. The van der Waals surface area contributed by atoms with Crippen LogP contribution in [0.2, 0.25) is 0 Å². The standard InChI is InChI=1S/C17H26N3O9P/c1-10(2)27-13(22)5-4-8-25-30(24)26-9-11-14(29-30)17(3,18)15(28-11)20-7-6-12(21)19-16(20)23/h6-7,10-11,14-15H,4-5,8-9,18H2,1-3H3,(H,19,21,23)/t11-,14-,15-,17-,30-/m1/s1. The minimum absolute atomic E-state index is 0.0488. The Morgan fingerprint density at radius 3 is 2.87 bits per heavy atom. The summed E-state index contributed by atoms with van der Waals surface area (Å²) >= 11 is 0. The number of nitrogens with one attached hydrogen (secondary N) is 1. The lowest BCUT2D eigenvalue weighted by Gasteiger charge is -2.35. The lowest BCUT2D eigenvalue weighted by atomic mass is 9.93. The van der Waals surface area contributed by atoms with Gasteiger partial charge in [-0.15, -0.1) is 0 Å². The van der Waals surface area contributed by atoms with Crippen LogP contribution >= 0.6 is 7.82 Å². The number of hydrogen-bond donors (Lipinski definition) is 2. The van der Waals surface area contributed by atoms with Crippen molar-refractivity contribution in [3.05, 3.63) is 33.1 Å². The third-order valence-corrected chi connectivity index (χ3v) is 6.12. The lowest BCUT2D eigenvalue weighted by molar-refractivity contribution is -0.147. The molecule has 2 aliphatic rings. The summed E-state index contributed by atoms with van der Waals surface area (Å²) in [5.74, 6) is -0.384. The van der Waals surface area contributed by atoms with Crippen molar-refractivity contribution in [1.82, 2.24) is 9.55 Å². The van der Waals surface area contributed by atoms with Crippen molar-refractivity contribution in [2.45, 2.75) is 63.7 Å². The summed E-state index contributed by atoms with van der Waals surface area (Å²) in [5.41, 5.74) is 3.85. The fourth-order valence-corrected chi connectivity index (χ4v) is 4.85. The molecule has 168 valence electrons. The van der Waals surface area contributed by atoms with E-state index in [0.717, 1.165) is 4.57 Å². The molecule has 0 radical (unpaired) electrons. The summed E-state index contributed by atoms with van der Waals surface area (Å²) in [4.78, 5) is 37.1. The maximum Gasteiger partial charge on any atom is 0.475 e. The second-order valence-electron chi connectivity index (χ2n) is 7.65. The van der Waals surface area contributed by atoms with Crippen molar-refractivity contribution in [3.63, 3.8) is 0 Å². The first-order chi connectivity index (χ1) is 14.0. The Morgan fingerprint density at radius 2 is 2.20 bits per heavy atom. The Labute approximate surface area is 172 Å². The molecular weight excluding hydrogens is 421 g/mol. The van der Waals surface area contributed by atoms with Gasteiger partial charge in [0.15, 0.2) is 6.23 Å². The second-order valence-corrected chi connectivity index (χ2v) is 9.28. The third-order valence-electron chi connectivity index (χ3n) is 4.67. The van der Waals surface area contributed by atoms with Gasteiger partial charge in [-0.05, 0) is 27.2 Å². The minimum Gasteiger partial charge on any atom is -0.463 e. The zero-order chi connectivity index (χ0) is 22.1. The predicted octanol–water partition coefficient (Wildman–Crippen LogP) is 0.423. The van der Waals surface area contributed by atoms with Crippen LogP contribution in [-0.4, -0.2) is 52.6 Å². The number of ether oxygens (including phenoxy) is 2. The number of H-pyrrole nitrogens is 1. The van der Waals surface area contributed by atoms with E-state index in [1.54, 1.807) is 20.8 Å². The molecule has 0 bridgehead atoms. The second kappa shape index (κ2) is 8.74. The van der Waals surface area contributed by atoms with Gasteiger partial charge >= 0.3 is 19.5 Å². The average Bonchev–Trinajstić information content (AvgIpc) is 2.89. The van der Waals surface area contributed by atoms with E-state index in [0.29, 0.717) is 0 Å². The maximum absolute atomic E-state index is 12.8. The number of carbonyl (C=O) groups is 1. The average molecular weight is 447 g/mol. The van der Waals surface area contributed by atoms with Crippen LogP contribution in [0, 0.1) is 0 Å². The van der Waals surface area contributed by atoms with Crippen LogP contribution in [0.1, 0.15) is 39.8 Å². The number of carbonyl (C=O) groups excluding carboxylic acids is 1. The monoisotopic (exact) mass is 447 g/mol. The van der Waals surface area contributed by atoms with E-state index >= 15 is 0 Å². The number of aromatic nitrogens is 2. The predicted molar refractivity (Wildman–Crippen MR) is 103 cm³/mol. The molecule has 30 heavy (non-hydrogen) atoms. The van der Waals surface area contributed by atoms with Crippen LogP contribution in [-0.2, 0) is 32.4 Å². The van der Waals surface area contributed by atoms with E-state index in [4.69, 9.17) is 28.8 Å². The first-order valence-electron chi connectivity index (χ1n) is 9.54. The van der Waals surface area contributed by atoms with Crippen molar-refractivity contribution in [2.75, 3.05) is 13.2 Å². The molecule has 3 N–H and O–H groups in total. The van der Waals surface area contributed by atoms with Gasteiger partial charge in [-0.3, -0.25) is 32.7 Å².